The number of amides is 1. The molecule has 0 spiro atoms. The summed E-state index contributed by atoms with van der Waals surface area (Å²) >= 11 is 17.8. The summed E-state index contributed by atoms with van der Waals surface area (Å²) < 4.78 is 1.34. The van der Waals surface area contributed by atoms with Crippen molar-refractivity contribution in [1.82, 2.24) is 14.8 Å². The molecule has 0 aliphatic carbocycles. The number of halogens is 3. The molecule has 2 aromatic heterocycles. The van der Waals surface area contributed by atoms with Crippen molar-refractivity contribution in [3.63, 3.8) is 0 Å². The average molecular weight is 427 g/mol. The Morgan fingerprint density at radius 2 is 1.93 bits per heavy atom. The molecule has 1 amide bonds. The van der Waals surface area contributed by atoms with Crippen LogP contribution in [0.5, 0.6) is 0 Å². The van der Waals surface area contributed by atoms with Crippen molar-refractivity contribution >= 4 is 52.2 Å². The van der Waals surface area contributed by atoms with Gasteiger partial charge in [-0.2, -0.15) is 9.78 Å². The topological polar surface area (TPSA) is 103 Å². The lowest BCUT2D eigenvalue weighted by atomic mass is 10.2. The van der Waals surface area contributed by atoms with Crippen LogP contribution in [0.1, 0.15) is 16.1 Å². The number of hydrogen-bond donors (Lipinski definition) is 1. The van der Waals surface area contributed by atoms with E-state index < -0.39 is 10.8 Å². The fourth-order valence-corrected chi connectivity index (χ4v) is 2.94. The molecule has 3 aromatic rings. The number of nitrogens with zero attached hydrogens (tertiary/aromatic N) is 4. The summed E-state index contributed by atoms with van der Waals surface area (Å²) in [5.74, 6) is -0.0284. The Kier molecular flexibility index (Phi) is 5.31. The molecule has 27 heavy (non-hydrogen) atoms. The third-order valence-corrected chi connectivity index (χ3v) is 4.27. The van der Waals surface area contributed by atoms with E-state index in [1.165, 1.54) is 29.1 Å². The minimum Gasteiger partial charge on any atom is -0.306 e. The highest BCUT2D eigenvalue weighted by Gasteiger charge is 2.19. The van der Waals surface area contributed by atoms with E-state index in [1.807, 2.05) is 0 Å². The van der Waals surface area contributed by atoms with Crippen LogP contribution in [0, 0.1) is 17.0 Å². The van der Waals surface area contributed by atoms with Crippen LogP contribution in [0.15, 0.2) is 36.5 Å². The standard InChI is InChI=1S/C16H10Cl3N5O3/c1-8-4-14(23(22-8)15-12(19)6-10(17)7-20-15)21-16(25)9-2-3-11(18)13(5-9)24(26)27/h2-7H,1H3,(H,21,25). The number of rotatable bonds is 4. The molecule has 0 aliphatic rings. The van der Waals surface area contributed by atoms with Crippen LogP contribution >= 0.6 is 34.8 Å². The molecule has 3 rings (SSSR count). The van der Waals surface area contributed by atoms with Gasteiger partial charge in [0.15, 0.2) is 5.82 Å². The third kappa shape index (κ3) is 4.02. The summed E-state index contributed by atoms with van der Waals surface area (Å²) in [6.45, 7) is 1.73. The van der Waals surface area contributed by atoms with Gasteiger partial charge in [-0.15, -0.1) is 0 Å². The summed E-state index contributed by atoms with van der Waals surface area (Å²) in [7, 11) is 0. The first-order chi connectivity index (χ1) is 12.8. The largest absolute Gasteiger partial charge is 0.306 e. The molecule has 0 bridgehead atoms. The maximum atomic E-state index is 12.5. The molecule has 0 unspecified atom stereocenters. The van der Waals surface area contributed by atoms with Crippen molar-refractivity contribution in [3.8, 4) is 5.82 Å². The number of carbonyl (C=O) groups is 1. The van der Waals surface area contributed by atoms with E-state index in [4.69, 9.17) is 34.8 Å². The molecule has 8 nitrogen and oxygen atoms in total. The normalized spacial score (nSPS) is 10.7. The van der Waals surface area contributed by atoms with Crippen LogP contribution in [-0.2, 0) is 0 Å². The van der Waals surface area contributed by atoms with Gasteiger partial charge in [-0.1, -0.05) is 34.8 Å². The van der Waals surface area contributed by atoms with E-state index in [9.17, 15) is 14.9 Å². The Hall–Kier alpha value is -2.68. The molecular weight excluding hydrogens is 417 g/mol. The van der Waals surface area contributed by atoms with Crippen molar-refractivity contribution in [2.75, 3.05) is 5.32 Å². The van der Waals surface area contributed by atoms with E-state index in [0.29, 0.717) is 10.7 Å². The molecule has 1 aromatic carbocycles. The molecule has 0 aliphatic heterocycles. The zero-order valence-corrected chi connectivity index (χ0v) is 15.9. The lowest BCUT2D eigenvalue weighted by Crippen LogP contribution is -2.16. The summed E-state index contributed by atoms with van der Waals surface area (Å²) in [5, 5.41) is 18.4. The Morgan fingerprint density at radius 1 is 1.19 bits per heavy atom. The molecule has 0 atom stereocenters. The molecule has 0 saturated carbocycles. The smallest absolute Gasteiger partial charge is 0.288 e. The minimum absolute atomic E-state index is 0.0606. The predicted molar refractivity (Wildman–Crippen MR) is 102 cm³/mol. The molecule has 0 fully saturated rings. The number of nitro groups is 1. The van der Waals surface area contributed by atoms with Crippen LogP contribution in [0.2, 0.25) is 15.1 Å². The van der Waals surface area contributed by atoms with Gasteiger partial charge in [-0.25, -0.2) is 4.98 Å². The van der Waals surface area contributed by atoms with Gasteiger partial charge in [0.2, 0.25) is 0 Å². The van der Waals surface area contributed by atoms with Crippen LogP contribution in [0.4, 0.5) is 11.5 Å². The van der Waals surface area contributed by atoms with E-state index >= 15 is 0 Å². The zero-order valence-electron chi connectivity index (χ0n) is 13.6. The average Bonchev–Trinajstić information content (AvgIpc) is 2.95. The van der Waals surface area contributed by atoms with Gasteiger partial charge in [0, 0.05) is 23.9 Å². The van der Waals surface area contributed by atoms with Gasteiger partial charge in [-0.3, -0.25) is 14.9 Å². The Morgan fingerprint density at radius 3 is 2.59 bits per heavy atom. The van der Waals surface area contributed by atoms with Crippen LogP contribution in [0.3, 0.4) is 0 Å². The lowest BCUT2D eigenvalue weighted by Gasteiger charge is -2.10. The second kappa shape index (κ2) is 7.51. The van der Waals surface area contributed by atoms with Crippen molar-refractivity contribution in [2.24, 2.45) is 0 Å². The van der Waals surface area contributed by atoms with E-state index in [1.54, 1.807) is 13.0 Å². The van der Waals surface area contributed by atoms with E-state index in [2.05, 4.69) is 15.4 Å². The van der Waals surface area contributed by atoms with Crippen molar-refractivity contribution in [3.05, 3.63) is 73.0 Å². The molecule has 2 heterocycles. The van der Waals surface area contributed by atoms with Gasteiger partial charge < -0.3 is 5.32 Å². The molecular formula is C16H10Cl3N5O3. The van der Waals surface area contributed by atoms with Gasteiger partial charge in [-0.05, 0) is 25.1 Å². The Balaban J connectivity index is 1.96. The number of carbonyl (C=O) groups excluding carboxylic acids is 1. The van der Waals surface area contributed by atoms with Crippen molar-refractivity contribution in [2.45, 2.75) is 6.92 Å². The number of hydrogen-bond acceptors (Lipinski definition) is 5. The summed E-state index contributed by atoms with van der Waals surface area (Å²) in [5.41, 5.74) is 0.295. The fraction of sp³-hybridized carbons (Fsp3) is 0.0625. The number of nitro benzene ring substituents is 1. The van der Waals surface area contributed by atoms with Crippen molar-refractivity contribution in [1.29, 1.82) is 0 Å². The molecule has 0 radical (unpaired) electrons. The second-order valence-corrected chi connectivity index (χ2v) is 6.67. The van der Waals surface area contributed by atoms with Gasteiger partial charge >= 0.3 is 0 Å². The highest BCUT2D eigenvalue weighted by Crippen LogP contribution is 2.27. The Bertz CT molecular complexity index is 1070. The van der Waals surface area contributed by atoms with Gasteiger partial charge in [0.1, 0.15) is 10.8 Å². The highest BCUT2D eigenvalue weighted by molar-refractivity contribution is 6.35. The second-order valence-electron chi connectivity index (χ2n) is 5.42. The number of nitrogens with one attached hydrogen (secondary N) is 1. The Labute approximate surface area is 167 Å². The number of benzene rings is 1. The maximum Gasteiger partial charge on any atom is 0.288 e. The first-order valence-corrected chi connectivity index (χ1v) is 8.53. The first-order valence-electron chi connectivity index (χ1n) is 7.39. The molecule has 0 saturated heterocycles. The SMILES string of the molecule is Cc1cc(NC(=O)c2ccc(Cl)c([N+](=O)[O-])c2)n(-c2ncc(Cl)cc2Cl)n1. The monoisotopic (exact) mass is 425 g/mol. The number of aromatic nitrogens is 3. The maximum absolute atomic E-state index is 12.5. The lowest BCUT2D eigenvalue weighted by molar-refractivity contribution is -0.384. The summed E-state index contributed by atoms with van der Waals surface area (Å²) in [6, 6.07) is 6.87. The van der Waals surface area contributed by atoms with E-state index in [0.717, 1.165) is 6.07 Å². The van der Waals surface area contributed by atoms with Crippen LogP contribution < -0.4 is 5.32 Å². The predicted octanol–water partition coefficient (Wildman–Crippen LogP) is 4.70. The van der Waals surface area contributed by atoms with Gasteiger partial charge in [0.25, 0.3) is 11.6 Å². The zero-order chi connectivity index (χ0) is 19.7. The fourth-order valence-electron chi connectivity index (χ4n) is 2.30. The first kappa shape index (κ1) is 19.1. The summed E-state index contributed by atoms with van der Waals surface area (Å²) in [6.07, 6.45) is 1.40. The minimum atomic E-state index is -0.662. The highest BCUT2D eigenvalue weighted by atomic mass is 35.5. The molecule has 11 heteroatoms. The van der Waals surface area contributed by atoms with Crippen LogP contribution in [-0.4, -0.2) is 25.6 Å². The van der Waals surface area contributed by atoms with Gasteiger partial charge in [0.05, 0.1) is 20.7 Å². The third-order valence-electron chi connectivity index (χ3n) is 3.47. The number of anilines is 1. The van der Waals surface area contributed by atoms with E-state index in [-0.39, 0.29) is 32.9 Å². The quantitative estimate of drug-likeness (QED) is 0.481. The summed E-state index contributed by atoms with van der Waals surface area (Å²) in [4.78, 5) is 27.0. The number of aryl methyl sites for hydroxylation is 1. The molecule has 138 valence electrons. The van der Waals surface area contributed by atoms with Crippen molar-refractivity contribution < 1.29 is 9.72 Å². The molecule has 1 N–H and O–H groups in total. The number of pyridine rings is 1. The van der Waals surface area contributed by atoms with Crippen LogP contribution in [0.25, 0.3) is 5.82 Å².